The smallest absolute Gasteiger partial charge is 0.250 e. The zero-order valence-corrected chi connectivity index (χ0v) is 12.2. The molecule has 110 valence electrons. The normalized spacial score (nSPS) is 16.1. The summed E-state index contributed by atoms with van der Waals surface area (Å²) in [6.45, 7) is 2.76. The Balaban J connectivity index is 1.72. The molecule has 0 atom stereocenters. The van der Waals surface area contributed by atoms with Crippen LogP contribution in [0.2, 0.25) is 0 Å². The molecular formula is C16H24N2O2. The number of amides is 1. The Morgan fingerprint density at radius 2 is 2.10 bits per heavy atom. The molecule has 3 N–H and O–H groups in total. The van der Waals surface area contributed by atoms with Gasteiger partial charge in [-0.25, -0.2) is 0 Å². The van der Waals surface area contributed by atoms with E-state index in [1.54, 1.807) is 0 Å². The first kappa shape index (κ1) is 14.9. The van der Waals surface area contributed by atoms with Gasteiger partial charge < -0.3 is 15.8 Å². The Bertz CT molecular complexity index is 454. The van der Waals surface area contributed by atoms with Crippen molar-refractivity contribution >= 4 is 17.3 Å². The monoisotopic (exact) mass is 276 g/mol. The average Bonchev–Trinajstić information content (AvgIpc) is 2.43. The van der Waals surface area contributed by atoms with E-state index in [2.05, 4.69) is 5.32 Å². The first-order valence-electron chi connectivity index (χ1n) is 7.39. The minimum absolute atomic E-state index is 0.101. The number of carbonyl (C=O) groups is 1. The van der Waals surface area contributed by atoms with E-state index in [4.69, 9.17) is 10.5 Å². The Kier molecular flexibility index (Phi) is 5.41. The lowest BCUT2D eigenvalue weighted by atomic mass is 9.90. The van der Waals surface area contributed by atoms with Gasteiger partial charge in [0.05, 0.1) is 18.0 Å². The molecule has 0 unspecified atom stereocenters. The van der Waals surface area contributed by atoms with Gasteiger partial charge in [0, 0.05) is 0 Å². The van der Waals surface area contributed by atoms with Crippen LogP contribution in [0.1, 0.15) is 37.7 Å². The highest BCUT2D eigenvalue weighted by atomic mass is 16.5. The second-order valence-electron chi connectivity index (χ2n) is 5.66. The third kappa shape index (κ3) is 4.53. The molecule has 2 rings (SSSR count). The van der Waals surface area contributed by atoms with Crippen LogP contribution >= 0.6 is 0 Å². The first-order chi connectivity index (χ1) is 9.65. The van der Waals surface area contributed by atoms with Crippen LogP contribution in [0.4, 0.5) is 11.4 Å². The predicted octanol–water partition coefficient (Wildman–Crippen LogP) is 3.11. The van der Waals surface area contributed by atoms with Gasteiger partial charge in [0.1, 0.15) is 6.61 Å². The fraction of sp³-hybridized carbons (Fsp3) is 0.562. The topological polar surface area (TPSA) is 64.3 Å². The van der Waals surface area contributed by atoms with Gasteiger partial charge in [0.25, 0.3) is 0 Å². The lowest BCUT2D eigenvalue weighted by Gasteiger charge is -2.21. The van der Waals surface area contributed by atoms with Crippen LogP contribution < -0.4 is 11.1 Å². The van der Waals surface area contributed by atoms with Crippen molar-refractivity contribution in [3.05, 3.63) is 23.8 Å². The van der Waals surface area contributed by atoms with Crippen molar-refractivity contribution in [2.45, 2.75) is 39.0 Å². The SMILES string of the molecule is Cc1ccc(NC(=O)COCC2CCCCC2)c(N)c1. The van der Waals surface area contributed by atoms with E-state index in [1.807, 2.05) is 25.1 Å². The molecule has 0 spiro atoms. The number of benzene rings is 1. The summed E-state index contributed by atoms with van der Waals surface area (Å²) in [5, 5.41) is 2.79. The van der Waals surface area contributed by atoms with Crippen LogP contribution in [-0.2, 0) is 9.53 Å². The van der Waals surface area contributed by atoms with Gasteiger partial charge in [0.15, 0.2) is 0 Å². The maximum absolute atomic E-state index is 11.8. The van der Waals surface area contributed by atoms with Crippen LogP contribution in [0.5, 0.6) is 0 Å². The van der Waals surface area contributed by atoms with Crippen molar-refractivity contribution in [3.63, 3.8) is 0 Å². The third-order valence-corrected chi connectivity index (χ3v) is 3.79. The van der Waals surface area contributed by atoms with E-state index < -0.39 is 0 Å². The molecule has 1 saturated carbocycles. The summed E-state index contributed by atoms with van der Waals surface area (Å²) in [5.41, 5.74) is 8.18. The average molecular weight is 276 g/mol. The molecule has 1 aromatic rings. The summed E-state index contributed by atoms with van der Waals surface area (Å²) in [6, 6.07) is 5.59. The molecule has 0 radical (unpaired) electrons. The van der Waals surface area contributed by atoms with Crippen molar-refractivity contribution in [2.75, 3.05) is 24.3 Å². The molecule has 0 aliphatic heterocycles. The van der Waals surface area contributed by atoms with E-state index in [9.17, 15) is 4.79 Å². The Labute approximate surface area is 120 Å². The first-order valence-corrected chi connectivity index (χ1v) is 7.39. The molecular weight excluding hydrogens is 252 g/mol. The molecule has 0 heterocycles. The van der Waals surface area contributed by atoms with Gasteiger partial charge in [0.2, 0.25) is 5.91 Å². The predicted molar refractivity (Wildman–Crippen MR) is 81.6 cm³/mol. The summed E-state index contributed by atoms with van der Waals surface area (Å²) in [6.07, 6.45) is 6.38. The molecule has 1 aromatic carbocycles. The Hall–Kier alpha value is -1.55. The van der Waals surface area contributed by atoms with Crippen LogP contribution in [0.25, 0.3) is 0 Å². The number of ether oxygens (including phenoxy) is 1. The Morgan fingerprint density at radius 1 is 1.35 bits per heavy atom. The van der Waals surface area contributed by atoms with E-state index in [-0.39, 0.29) is 12.5 Å². The number of rotatable bonds is 5. The molecule has 0 bridgehead atoms. The zero-order valence-electron chi connectivity index (χ0n) is 12.2. The number of carbonyl (C=O) groups excluding carboxylic acids is 1. The van der Waals surface area contributed by atoms with Crippen LogP contribution in [0.15, 0.2) is 18.2 Å². The third-order valence-electron chi connectivity index (χ3n) is 3.79. The summed E-state index contributed by atoms with van der Waals surface area (Å²) in [4.78, 5) is 11.8. The molecule has 1 aliphatic carbocycles. The molecule has 1 fully saturated rings. The maximum Gasteiger partial charge on any atom is 0.250 e. The lowest BCUT2D eigenvalue weighted by molar-refractivity contribution is -0.121. The summed E-state index contributed by atoms with van der Waals surface area (Å²) in [5.74, 6) is 0.484. The number of aryl methyl sites for hydroxylation is 1. The number of nitrogen functional groups attached to an aromatic ring is 1. The van der Waals surface area contributed by atoms with Crippen molar-refractivity contribution in [2.24, 2.45) is 5.92 Å². The minimum Gasteiger partial charge on any atom is -0.397 e. The number of anilines is 2. The van der Waals surface area contributed by atoms with E-state index in [0.717, 1.165) is 5.56 Å². The van der Waals surface area contributed by atoms with E-state index >= 15 is 0 Å². The molecule has 0 aromatic heterocycles. The molecule has 4 heteroatoms. The number of hydrogen-bond donors (Lipinski definition) is 2. The van der Waals surface area contributed by atoms with E-state index in [1.165, 1.54) is 32.1 Å². The highest BCUT2D eigenvalue weighted by Gasteiger charge is 2.14. The quantitative estimate of drug-likeness (QED) is 0.812. The van der Waals surface area contributed by atoms with Crippen LogP contribution in [0.3, 0.4) is 0 Å². The Morgan fingerprint density at radius 3 is 2.80 bits per heavy atom. The van der Waals surface area contributed by atoms with Gasteiger partial charge in [-0.3, -0.25) is 4.79 Å². The van der Waals surface area contributed by atoms with Crippen molar-refractivity contribution in [1.29, 1.82) is 0 Å². The second-order valence-corrected chi connectivity index (χ2v) is 5.66. The van der Waals surface area contributed by atoms with Crippen molar-refractivity contribution < 1.29 is 9.53 Å². The van der Waals surface area contributed by atoms with Gasteiger partial charge in [-0.1, -0.05) is 25.3 Å². The summed E-state index contributed by atoms with van der Waals surface area (Å²) in [7, 11) is 0. The lowest BCUT2D eigenvalue weighted by Crippen LogP contribution is -2.22. The maximum atomic E-state index is 11.8. The van der Waals surface area contributed by atoms with Crippen molar-refractivity contribution in [1.82, 2.24) is 0 Å². The van der Waals surface area contributed by atoms with Crippen molar-refractivity contribution in [3.8, 4) is 0 Å². The van der Waals surface area contributed by atoms with Gasteiger partial charge >= 0.3 is 0 Å². The second kappa shape index (κ2) is 7.29. The number of nitrogens with two attached hydrogens (primary N) is 1. The number of hydrogen-bond acceptors (Lipinski definition) is 3. The fourth-order valence-electron chi connectivity index (χ4n) is 2.65. The molecule has 1 aliphatic rings. The highest BCUT2D eigenvalue weighted by molar-refractivity contribution is 5.94. The zero-order chi connectivity index (χ0) is 14.4. The van der Waals surface area contributed by atoms with Crippen LogP contribution in [0, 0.1) is 12.8 Å². The fourth-order valence-corrected chi connectivity index (χ4v) is 2.65. The molecule has 4 nitrogen and oxygen atoms in total. The minimum atomic E-state index is -0.142. The summed E-state index contributed by atoms with van der Waals surface area (Å²) < 4.78 is 5.52. The van der Waals surface area contributed by atoms with Gasteiger partial charge in [-0.2, -0.15) is 0 Å². The van der Waals surface area contributed by atoms with E-state index in [0.29, 0.717) is 23.9 Å². The van der Waals surface area contributed by atoms with Gasteiger partial charge in [-0.15, -0.1) is 0 Å². The van der Waals surface area contributed by atoms with Crippen LogP contribution in [-0.4, -0.2) is 19.1 Å². The van der Waals surface area contributed by atoms with Gasteiger partial charge in [-0.05, 0) is 43.4 Å². The molecule has 20 heavy (non-hydrogen) atoms. The molecule has 1 amide bonds. The largest absolute Gasteiger partial charge is 0.397 e. The highest BCUT2D eigenvalue weighted by Crippen LogP contribution is 2.23. The standard InChI is InChI=1S/C16H24N2O2/c1-12-7-8-15(14(17)9-12)18-16(19)11-20-10-13-5-3-2-4-6-13/h7-9,13H,2-6,10-11,17H2,1H3,(H,18,19). The number of nitrogens with one attached hydrogen (secondary N) is 1. The summed E-state index contributed by atoms with van der Waals surface area (Å²) >= 11 is 0. The molecule has 0 saturated heterocycles.